The number of aromatic nitrogens is 1. The van der Waals surface area contributed by atoms with Crippen molar-refractivity contribution < 1.29 is 14.3 Å². The first-order chi connectivity index (χ1) is 10.0. The fourth-order valence-electron chi connectivity index (χ4n) is 2.41. The summed E-state index contributed by atoms with van der Waals surface area (Å²) in [4.78, 5) is 27.4. The zero-order valence-corrected chi connectivity index (χ0v) is 13.6. The van der Waals surface area contributed by atoms with Gasteiger partial charge in [0.1, 0.15) is 0 Å². The molecule has 0 unspecified atom stereocenters. The molecular formula is C15H19BrN2O3. The van der Waals surface area contributed by atoms with Crippen molar-refractivity contribution in [3.63, 3.8) is 0 Å². The second-order valence-corrected chi connectivity index (χ2v) is 6.41. The summed E-state index contributed by atoms with van der Waals surface area (Å²) in [6, 6.07) is 1.82. The van der Waals surface area contributed by atoms with Gasteiger partial charge in [0.05, 0.1) is 5.56 Å². The number of amides is 1. The zero-order chi connectivity index (χ0) is 15.2. The topological polar surface area (TPSA) is 68.3 Å². The molecule has 1 saturated carbocycles. The van der Waals surface area contributed by atoms with E-state index in [2.05, 4.69) is 33.2 Å². The molecule has 6 heteroatoms. The molecule has 5 nitrogen and oxygen atoms in total. The minimum absolute atomic E-state index is 0.208. The normalized spacial score (nSPS) is 21.6. The number of hydrogen-bond acceptors (Lipinski definition) is 4. The van der Waals surface area contributed by atoms with Gasteiger partial charge in [0.2, 0.25) is 0 Å². The molecule has 0 radical (unpaired) electrons. The van der Waals surface area contributed by atoms with Gasteiger partial charge < -0.3 is 10.1 Å². The predicted octanol–water partition coefficient (Wildman–Crippen LogP) is 2.70. The highest BCUT2D eigenvalue weighted by atomic mass is 79.9. The number of carbonyl (C=O) groups is 2. The third kappa shape index (κ3) is 5.12. The third-order valence-electron chi connectivity index (χ3n) is 3.66. The molecule has 0 atom stereocenters. The Labute approximate surface area is 132 Å². The number of nitrogens with zero attached hydrogens (tertiary/aromatic N) is 1. The van der Waals surface area contributed by atoms with Gasteiger partial charge in [-0.3, -0.25) is 9.78 Å². The van der Waals surface area contributed by atoms with E-state index in [-0.39, 0.29) is 18.6 Å². The summed E-state index contributed by atoms with van der Waals surface area (Å²) in [5, 5.41) is 2.92. The number of nitrogens with one attached hydrogen (secondary N) is 1. The highest BCUT2D eigenvalue weighted by Gasteiger charge is 2.20. The molecule has 0 spiro atoms. The molecule has 1 amide bonds. The number of esters is 1. The lowest BCUT2D eigenvalue weighted by atomic mass is 9.87. The van der Waals surface area contributed by atoms with Crippen LogP contribution in [-0.2, 0) is 9.53 Å². The van der Waals surface area contributed by atoms with Crippen molar-refractivity contribution in [2.75, 3.05) is 6.61 Å². The van der Waals surface area contributed by atoms with Crippen molar-refractivity contribution in [3.8, 4) is 0 Å². The first-order valence-electron chi connectivity index (χ1n) is 7.11. The van der Waals surface area contributed by atoms with Crippen LogP contribution >= 0.6 is 15.9 Å². The molecule has 1 aromatic heterocycles. The van der Waals surface area contributed by atoms with E-state index in [9.17, 15) is 9.59 Å². The molecule has 0 aromatic carbocycles. The Hall–Kier alpha value is -1.43. The minimum Gasteiger partial charge on any atom is -0.452 e. The Balaban J connectivity index is 1.75. The standard InChI is InChI=1S/C15H19BrN2O3/c1-10-2-4-13(5-3-10)18-14(19)9-21-15(20)11-6-12(16)8-17-7-11/h6-8,10,13H,2-5,9H2,1H3,(H,18,19). The van der Waals surface area contributed by atoms with Gasteiger partial charge in [-0.05, 0) is 53.6 Å². The first-order valence-corrected chi connectivity index (χ1v) is 7.91. The van der Waals surface area contributed by atoms with Gasteiger partial charge in [0, 0.05) is 22.9 Å². The van der Waals surface area contributed by atoms with Gasteiger partial charge in [-0.25, -0.2) is 4.79 Å². The Bertz CT molecular complexity index is 513. The molecule has 1 aliphatic rings. The smallest absolute Gasteiger partial charge is 0.340 e. The second-order valence-electron chi connectivity index (χ2n) is 5.49. The number of carbonyl (C=O) groups excluding carboxylic acids is 2. The number of pyridine rings is 1. The summed E-state index contributed by atoms with van der Waals surface area (Å²) >= 11 is 3.23. The molecule has 0 aliphatic heterocycles. The van der Waals surface area contributed by atoms with Crippen molar-refractivity contribution in [1.82, 2.24) is 10.3 Å². The maximum atomic E-state index is 11.8. The fraction of sp³-hybridized carbons (Fsp3) is 0.533. The summed E-state index contributed by atoms with van der Waals surface area (Å²) in [6.07, 6.45) is 7.25. The van der Waals surface area contributed by atoms with E-state index < -0.39 is 5.97 Å². The van der Waals surface area contributed by atoms with Crippen molar-refractivity contribution in [2.24, 2.45) is 5.92 Å². The van der Waals surface area contributed by atoms with E-state index in [0.717, 1.165) is 31.6 Å². The SMILES string of the molecule is CC1CCC(NC(=O)COC(=O)c2cncc(Br)c2)CC1. The Morgan fingerprint density at radius 2 is 2.05 bits per heavy atom. The van der Waals surface area contributed by atoms with E-state index in [4.69, 9.17) is 4.74 Å². The molecule has 1 fully saturated rings. The van der Waals surface area contributed by atoms with Gasteiger partial charge in [-0.1, -0.05) is 6.92 Å². The van der Waals surface area contributed by atoms with Gasteiger partial charge in [-0.15, -0.1) is 0 Å². The third-order valence-corrected chi connectivity index (χ3v) is 4.09. The molecule has 1 aromatic rings. The van der Waals surface area contributed by atoms with Crippen molar-refractivity contribution in [2.45, 2.75) is 38.6 Å². The molecular weight excluding hydrogens is 336 g/mol. The highest BCUT2D eigenvalue weighted by Crippen LogP contribution is 2.23. The van der Waals surface area contributed by atoms with Crippen LogP contribution in [0.3, 0.4) is 0 Å². The number of hydrogen-bond donors (Lipinski definition) is 1. The predicted molar refractivity (Wildman–Crippen MR) is 81.8 cm³/mol. The van der Waals surface area contributed by atoms with Gasteiger partial charge >= 0.3 is 5.97 Å². The molecule has 0 bridgehead atoms. The van der Waals surface area contributed by atoms with Crippen molar-refractivity contribution in [1.29, 1.82) is 0 Å². The van der Waals surface area contributed by atoms with E-state index in [1.807, 2.05) is 0 Å². The van der Waals surface area contributed by atoms with Crippen molar-refractivity contribution in [3.05, 3.63) is 28.5 Å². The first kappa shape index (κ1) is 15.9. The Morgan fingerprint density at radius 1 is 1.33 bits per heavy atom. The molecule has 1 aliphatic carbocycles. The molecule has 114 valence electrons. The molecule has 2 rings (SSSR count). The lowest BCUT2D eigenvalue weighted by Gasteiger charge is -2.26. The molecule has 1 heterocycles. The van der Waals surface area contributed by atoms with Crippen LogP contribution in [0.15, 0.2) is 22.9 Å². The summed E-state index contributed by atoms with van der Waals surface area (Å²) < 4.78 is 5.69. The van der Waals surface area contributed by atoms with Crippen LogP contribution in [0.5, 0.6) is 0 Å². The number of ether oxygens (including phenoxy) is 1. The average molecular weight is 355 g/mol. The van der Waals surface area contributed by atoms with Gasteiger partial charge in [0.25, 0.3) is 5.91 Å². The minimum atomic E-state index is -0.545. The quantitative estimate of drug-likeness (QED) is 0.844. The second kappa shape index (κ2) is 7.54. The lowest BCUT2D eigenvalue weighted by molar-refractivity contribution is -0.125. The highest BCUT2D eigenvalue weighted by molar-refractivity contribution is 9.10. The summed E-state index contributed by atoms with van der Waals surface area (Å²) in [5.74, 6) is -0.0536. The van der Waals surface area contributed by atoms with Crippen LogP contribution in [0.25, 0.3) is 0 Å². The van der Waals surface area contributed by atoms with Crippen LogP contribution in [0.1, 0.15) is 43.0 Å². The summed E-state index contributed by atoms with van der Waals surface area (Å²) in [6.45, 7) is 1.98. The van der Waals surface area contributed by atoms with Crippen LogP contribution in [-0.4, -0.2) is 29.5 Å². The van der Waals surface area contributed by atoms with Gasteiger partial charge in [-0.2, -0.15) is 0 Å². The van der Waals surface area contributed by atoms with Crippen molar-refractivity contribution >= 4 is 27.8 Å². The van der Waals surface area contributed by atoms with Crippen LogP contribution in [0, 0.1) is 5.92 Å². The van der Waals surface area contributed by atoms with E-state index in [1.165, 1.54) is 6.20 Å². The summed E-state index contributed by atoms with van der Waals surface area (Å²) in [7, 11) is 0. The number of halogens is 1. The maximum absolute atomic E-state index is 11.8. The van der Waals surface area contributed by atoms with Crippen LogP contribution < -0.4 is 5.32 Å². The molecule has 0 saturated heterocycles. The van der Waals surface area contributed by atoms with Crippen LogP contribution in [0.2, 0.25) is 0 Å². The Kier molecular flexibility index (Phi) is 5.73. The molecule has 1 N–H and O–H groups in total. The van der Waals surface area contributed by atoms with E-state index >= 15 is 0 Å². The van der Waals surface area contributed by atoms with Crippen LogP contribution in [0.4, 0.5) is 0 Å². The fourth-order valence-corrected chi connectivity index (χ4v) is 2.78. The zero-order valence-electron chi connectivity index (χ0n) is 12.0. The van der Waals surface area contributed by atoms with Gasteiger partial charge in [0.15, 0.2) is 6.61 Å². The molecule has 21 heavy (non-hydrogen) atoms. The van der Waals surface area contributed by atoms with E-state index in [0.29, 0.717) is 10.0 Å². The average Bonchev–Trinajstić information content (AvgIpc) is 2.47. The lowest BCUT2D eigenvalue weighted by Crippen LogP contribution is -2.39. The Morgan fingerprint density at radius 3 is 2.71 bits per heavy atom. The van der Waals surface area contributed by atoms with E-state index in [1.54, 1.807) is 12.3 Å². The maximum Gasteiger partial charge on any atom is 0.340 e. The largest absolute Gasteiger partial charge is 0.452 e. The summed E-state index contributed by atoms with van der Waals surface area (Å²) in [5.41, 5.74) is 0.323. The monoisotopic (exact) mass is 354 g/mol. The number of rotatable bonds is 4.